The van der Waals surface area contributed by atoms with Crippen molar-refractivity contribution in [2.75, 3.05) is 31.1 Å². The second-order valence-corrected chi connectivity index (χ2v) is 13.8. The quantitative estimate of drug-likeness (QED) is 0.243. The van der Waals surface area contributed by atoms with Gasteiger partial charge in [0.05, 0.1) is 22.7 Å². The summed E-state index contributed by atoms with van der Waals surface area (Å²) in [6.45, 7) is 7.62. The molecule has 50 heavy (non-hydrogen) atoms. The second kappa shape index (κ2) is 16.0. The Hall–Kier alpha value is -4.58. The maximum atomic E-state index is 14.3. The van der Waals surface area contributed by atoms with E-state index in [0.29, 0.717) is 67.8 Å². The largest absolute Gasteiger partial charge is 0.447 e. The van der Waals surface area contributed by atoms with Crippen LogP contribution in [0.4, 0.5) is 19.5 Å². The molecule has 2 fully saturated rings. The molecule has 1 amide bonds. The molecule has 2 aromatic heterocycles. The molecule has 0 saturated carbocycles. The average Bonchev–Trinajstić information content (AvgIpc) is 3.71. The topological polar surface area (TPSA) is 187 Å². The highest BCUT2D eigenvalue weighted by Gasteiger charge is 2.34. The number of aromatic nitrogens is 4. The minimum atomic E-state index is -4.02. The number of hydrogen-bond acceptors (Lipinski definition) is 12. The number of piperidine rings is 1. The number of amides is 1. The van der Waals surface area contributed by atoms with E-state index in [-0.39, 0.29) is 41.8 Å². The number of rotatable bonds is 8. The van der Waals surface area contributed by atoms with E-state index >= 15 is 0 Å². The Labute approximate surface area is 288 Å². The Morgan fingerprint density at radius 2 is 1.76 bits per heavy atom. The third kappa shape index (κ3) is 9.56. The fourth-order valence-corrected chi connectivity index (χ4v) is 6.01. The van der Waals surface area contributed by atoms with E-state index in [4.69, 9.17) is 24.3 Å². The van der Waals surface area contributed by atoms with Crippen LogP contribution in [0.3, 0.4) is 0 Å². The smallest absolute Gasteiger partial charge is 0.410 e. The first-order chi connectivity index (χ1) is 23.8. The highest BCUT2D eigenvalue weighted by molar-refractivity contribution is 7.85. The number of ether oxygens (including phenoxy) is 2. The molecule has 268 valence electrons. The van der Waals surface area contributed by atoms with Gasteiger partial charge in [-0.15, -0.1) is 0 Å². The third-order valence-electron chi connectivity index (χ3n) is 8.17. The van der Waals surface area contributed by atoms with Gasteiger partial charge >= 0.3 is 6.09 Å². The molecule has 6 rings (SSSR count). The first kappa shape index (κ1) is 36.7. The molecule has 0 spiro atoms. The molecular weight excluding hydrogens is 676 g/mol. The van der Waals surface area contributed by atoms with Gasteiger partial charge in [-0.25, -0.2) is 23.5 Å². The van der Waals surface area contributed by atoms with Crippen molar-refractivity contribution in [3.8, 4) is 11.4 Å². The molecule has 2 aromatic carbocycles. The number of likely N-dealkylation sites (tertiary alicyclic amines) is 1. The van der Waals surface area contributed by atoms with Gasteiger partial charge in [-0.1, -0.05) is 28.9 Å². The van der Waals surface area contributed by atoms with Crippen LogP contribution >= 0.6 is 0 Å². The fraction of sp³-hybridized carbons (Fsp3) is 0.424. The van der Waals surface area contributed by atoms with Crippen LogP contribution in [0, 0.1) is 18.6 Å². The Bertz CT molecular complexity index is 1850. The van der Waals surface area contributed by atoms with Crippen molar-refractivity contribution in [1.82, 2.24) is 25.0 Å². The van der Waals surface area contributed by atoms with Gasteiger partial charge in [-0.3, -0.25) is 4.55 Å². The number of anilines is 1. The number of halogens is 2. The molecular formula is C33H39F2N7O7S. The van der Waals surface area contributed by atoms with Crippen LogP contribution in [0.25, 0.3) is 11.4 Å². The summed E-state index contributed by atoms with van der Waals surface area (Å²) in [7, 11) is -4.02. The van der Waals surface area contributed by atoms with Gasteiger partial charge in [0.15, 0.2) is 0 Å². The van der Waals surface area contributed by atoms with Crippen LogP contribution in [0.1, 0.15) is 49.6 Å². The van der Waals surface area contributed by atoms with Crippen LogP contribution < -0.4 is 10.6 Å². The maximum absolute atomic E-state index is 14.3. The van der Waals surface area contributed by atoms with Crippen LogP contribution in [0.15, 0.2) is 64.3 Å². The summed E-state index contributed by atoms with van der Waals surface area (Å²) in [5, 5.41) is 4.00. The van der Waals surface area contributed by atoms with E-state index < -0.39 is 21.8 Å². The predicted molar refractivity (Wildman–Crippen MR) is 177 cm³/mol. The summed E-state index contributed by atoms with van der Waals surface area (Å²) >= 11 is 0. The summed E-state index contributed by atoms with van der Waals surface area (Å²) in [6, 6.07) is 9.18. The molecule has 0 radical (unpaired) electrons. The molecule has 3 N–H and O–H groups in total. The molecule has 17 heteroatoms. The Kier molecular flexibility index (Phi) is 11.7. The number of hydrogen-bond donors (Lipinski definition) is 2. The Morgan fingerprint density at radius 3 is 2.38 bits per heavy atom. The van der Waals surface area contributed by atoms with Crippen molar-refractivity contribution < 1.29 is 40.5 Å². The van der Waals surface area contributed by atoms with Crippen molar-refractivity contribution in [1.29, 1.82) is 0 Å². The number of aryl methyl sites for hydroxylation is 1. The molecule has 2 aliphatic rings. The first-order valence-corrected chi connectivity index (χ1v) is 17.4. The fourth-order valence-electron chi connectivity index (χ4n) is 5.53. The van der Waals surface area contributed by atoms with Gasteiger partial charge in [0.2, 0.25) is 11.8 Å². The summed E-state index contributed by atoms with van der Waals surface area (Å²) < 4.78 is 73.6. The third-order valence-corrected chi connectivity index (χ3v) is 9.04. The summed E-state index contributed by atoms with van der Waals surface area (Å²) in [5.74, 6) is -0.450. The molecule has 4 aromatic rings. The van der Waals surface area contributed by atoms with Crippen molar-refractivity contribution >= 4 is 22.2 Å². The maximum Gasteiger partial charge on any atom is 0.410 e. The highest BCUT2D eigenvalue weighted by Crippen LogP contribution is 2.31. The lowest BCUT2D eigenvalue weighted by Crippen LogP contribution is -2.41. The van der Waals surface area contributed by atoms with Crippen LogP contribution in [-0.4, -0.2) is 88.5 Å². The second-order valence-electron chi connectivity index (χ2n) is 12.3. The van der Waals surface area contributed by atoms with E-state index in [2.05, 4.69) is 20.1 Å². The zero-order valence-corrected chi connectivity index (χ0v) is 28.6. The van der Waals surface area contributed by atoms with Crippen LogP contribution in [0.5, 0.6) is 0 Å². The van der Waals surface area contributed by atoms with Gasteiger partial charge in [0, 0.05) is 56.6 Å². The SMILES string of the molecule is CC(C)OC(=O)N1CCC(OCc2nc(-c3cnc(N4C[C@H](c5ccc(F)cc5F)[C@@H](N)C4)nc3)no2)CC1.Cc1ccc(S(=O)(=O)O)cc1. The average molecular weight is 716 g/mol. The van der Waals surface area contributed by atoms with Gasteiger partial charge in [-0.2, -0.15) is 13.4 Å². The van der Waals surface area contributed by atoms with E-state index in [0.717, 1.165) is 11.6 Å². The zero-order chi connectivity index (χ0) is 36.0. The Morgan fingerprint density at radius 1 is 1.08 bits per heavy atom. The predicted octanol–water partition coefficient (Wildman–Crippen LogP) is 4.50. The molecule has 0 bridgehead atoms. The molecule has 0 unspecified atom stereocenters. The molecule has 2 atom stereocenters. The summed E-state index contributed by atoms with van der Waals surface area (Å²) in [4.78, 5) is 28.7. The van der Waals surface area contributed by atoms with E-state index in [1.165, 1.54) is 24.3 Å². The normalized spacial score (nSPS) is 18.2. The minimum Gasteiger partial charge on any atom is -0.447 e. The Balaban J connectivity index is 0.000000377. The van der Waals surface area contributed by atoms with Gasteiger partial charge in [-0.05, 0) is 57.4 Å². The van der Waals surface area contributed by atoms with E-state index in [1.54, 1.807) is 29.4 Å². The summed E-state index contributed by atoms with van der Waals surface area (Å²) in [6.07, 6.45) is 4.08. The van der Waals surface area contributed by atoms with Crippen molar-refractivity contribution in [2.24, 2.45) is 5.73 Å². The number of nitrogens with two attached hydrogens (primary N) is 1. The van der Waals surface area contributed by atoms with Gasteiger partial charge in [0.1, 0.15) is 18.2 Å². The lowest BCUT2D eigenvalue weighted by atomic mass is 9.94. The standard InChI is InChI=1S/C26H31F2N7O4.C7H8O3S/c1-15(2)38-26(36)34-7-5-18(6-8-34)37-14-23-32-24(33-39-23)16-10-30-25(31-11-16)35-12-20(22(29)13-35)19-4-3-17(27)9-21(19)28;1-6-2-4-7(5-3-6)11(8,9)10/h3-4,9-11,15,18,20,22H,5-8,12-14,29H2,1-2H3;2-5H,1H3,(H,8,9,10)/t20-,22+;/m1./s1. The van der Waals surface area contributed by atoms with Crippen molar-refractivity contribution in [3.05, 3.63) is 83.5 Å². The number of nitrogens with zero attached hydrogens (tertiary/aromatic N) is 6. The van der Waals surface area contributed by atoms with Gasteiger partial charge < -0.3 is 29.5 Å². The highest BCUT2D eigenvalue weighted by atomic mass is 32.2. The molecule has 2 saturated heterocycles. The minimum absolute atomic E-state index is 0.0230. The summed E-state index contributed by atoms with van der Waals surface area (Å²) in [5.41, 5.74) is 8.16. The monoisotopic (exact) mass is 715 g/mol. The lowest BCUT2D eigenvalue weighted by Gasteiger charge is -2.31. The number of benzene rings is 2. The van der Waals surface area contributed by atoms with E-state index in [1.807, 2.05) is 25.7 Å². The van der Waals surface area contributed by atoms with Crippen LogP contribution in [-0.2, 0) is 26.2 Å². The van der Waals surface area contributed by atoms with E-state index in [9.17, 15) is 22.0 Å². The number of carbonyl (C=O) groups is 1. The number of carbonyl (C=O) groups excluding carboxylic acids is 1. The molecule has 14 nitrogen and oxygen atoms in total. The van der Waals surface area contributed by atoms with Crippen molar-refractivity contribution in [3.63, 3.8) is 0 Å². The molecule has 2 aliphatic heterocycles. The van der Waals surface area contributed by atoms with Crippen LogP contribution in [0.2, 0.25) is 0 Å². The van der Waals surface area contributed by atoms with Crippen molar-refractivity contribution in [2.45, 2.75) is 69.3 Å². The lowest BCUT2D eigenvalue weighted by molar-refractivity contribution is -0.0147. The molecule has 0 aliphatic carbocycles. The zero-order valence-electron chi connectivity index (χ0n) is 27.8. The molecule has 4 heterocycles. The van der Waals surface area contributed by atoms with Gasteiger partial charge in [0.25, 0.3) is 16.0 Å². The first-order valence-electron chi connectivity index (χ1n) is 16.0.